The third kappa shape index (κ3) is 3.57. The lowest BCUT2D eigenvalue weighted by molar-refractivity contribution is 0.284. The minimum Gasteiger partial charge on any atom is -0.425 e. The van der Waals surface area contributed by atoms with Crippen LogP contribution in [-0.2, 0) is 10.0 Å². The van der Waals surface area contributed by atoms with Crippen molar-refractivity contribution in [2.45, 2.75) is 43.4 Å². The molecule has 9 heteroatoms. The van der Waals surface area contributed by atoms with Crippen molar-refractivity contribution in [2.24, 2.45) is 0 Å². The number of aromatic nitrogens is 2. The Kier molecular flexibility index (Phi) is 4.88. The van der Waals surface area contributed by atoms with E-state index in [1.165, 1.54) is 4.31 Å². The number of sulfonamides is 1. The smallest absolute Gasteiger partial charge is 0.246 e. The van der Waals surface area contributed by atoms with Crippen LogP contribution in [0.15, 0.2) is 27.5 Å². The number of hydrogen-bond acceptors (Lipinski definition) is 5. The van der Waals surface area contributed by atoms with Crippen molar-refractivity contribution < 1.29 is 21.6 Å². The van der Waals surface area contributed by atoms with Crippen molar-refractivity contribution in [3.05, 3.63) is 41.6 Å². The molecule has 1 saturated heterocycles. The highest BCUT2D eigenvalue weighted by Gasteiger charge is 2.33. The Morgan fingerprint density at radius 2 is 1.88 bits per heavy atom. The number of rotatable bonds is 4. The fourth-order valence-corrected chi connectivity index (χ4v) is 4.35. The first-order valence-corrected chi connectivity index (χ1v) is 9.51. The highest BCUT2D eigenvalue weighted by atomic mass is 32.2. The Morgan fingerprint density at radius 3 is 2.48 bits per heavy atom. The van der Waals surface area contributed by atoms with E-state index < -0.39 is 26.6 Å². The monoisotopic (exact) mass is 371 g/mol. The van der Waals surface area contributed by atoms with Crippen LogP contribution in [0, 0.1) is 11.6 Å². The van der Waals surface area contributed by atoms with Gasteiger partial charge in [-0.15, -0.1) is 10.2 Å². The summed E-state index contributed by atoms with van der Waals surface area (Å²) >= 11 is 0. The molecule has 0 saturated carbocycles. The molecule has 2 aromatic rings. The molecule has 3 rings (SSSR count). The number of nitrogens with zero attached hydrogens (tertiary/aromatic N) is 3. The van der Waals surface area contributed by atoms with Gasteiger partial charge < -0.3 is 4.42 Å². The van der Waals surface area contributed by atoms with Crippen LogP contribution in [0.3, 0.4) is 0 Å². The lowest BCUT2D eigenvalue weighted by Crippen LogP contribution is -2.38. The van der Waals surface area contributed by atoms with Crippen LogP contribution in [0.4, 0.5) is 8.78 Å². The molecule has 0 aliphatic carbocycles. The Bertz CT molecular complexity index is 859. The van der Waals surface area contributed by atoms with Crippen molar-refractivity contribution in [1.82, 2.24) is 14.5 Å². The third-order valence-corrected chi connectivity index (χ3v) is 6.18. The highest BCUT2D eigenvalue weighted by Crippen LogP contribution is 2.31. The zero-order valence-corrected chi connectivity index (χ0v) is 14.8. The lowest BCUT2D eigenvalue weighted by atomic mass is 9.98. The van der Waals surface area contributed by atoms with E-state index in [1.54, 1.807) is 0 Å². The lowest BCUT2D eigenvalue weighted by Gasteiger charge is -2.29. The molecular formula is C16H19F2N3O3S. The molecule has 0 bridgehead atoms. The van der Waals surface area contributed by atoms with Gasteiger partial charge in [0.1, 0.15) is 16.5 Å². The maximum Gasteiger partial charge on any atom is 0.246 e. The molecule has 1 aromatic heterocycles. The first kappa shape index (κ1) is 17.9. The molecule has 0 radical (unpaired) electrons. The van der Waals surface area contributed by atoms with Crippen molar-refractivity contribution in [2.75, 3.05) is 13.1 Å². The number of halogens is 2. The second kappa shape index (κ2) is 6.80. The maximum absolute atomic E-state index is 13.8. The number of benzene rings is 1. The molecule has 1 aliphatic rings. The maximum atomic E-state index is 13.8. The van der Waals surface area contributed by atoms with Gasteiger partial charge in [-0.1, -0.05) is 13.8 Å². The summed E-state index contributed by atoms with van der Waals surface area (Å²) in [5, 5.41) is 8.03. The van der Waals surface area contributed by atoms with Gasteiger partial charge >= 0.3 is 0 Å². The molecule has 25 heavy (non-hydrogen) atoms. The summed E-state index contributed by atoms with van der Waals surface area (Å²) in [6, 6.07) is 2.42. The van der Waals surface area contributed by atoms with E-state index in [1.807, 2.05) is 13.8 Å². The standard InChI is InChI=1S/C16H19F2N3O3S/c1-10(2)15-19-20-16(24-15)11-5-7-21(8-6-11)25(22,23)14-9-12(17)3-4-13(14)18/h3-4,9-11H,5-8H2,1-2H3. The normalized spacial score (nSPS) is 17.3. The summed E-state index contributed by atoms with van der Waals surface area (Å²) in [5.41, 5.74) is 0. The quantitative estimate of drug-likeness (QED) is 0.826. The number of piperidine rings is 1. The zero-order valence-electron chi connectivity index (χ0n) is 13.9. The summed E-state index contributed by atoms with van der Waals surface area (Å²) in [6.07, 6.45) is 0.964. The molecule has 2 heterocycles. The van der Waals surface area contributed by atoms with Gasteiger partial charge in [-0.3, -0.25) is 0 Å². The van der Waals surface area contributed by atoms with E-state index in [0.29, 0.717) is 30.7 Å². The first-order chi connectivity index (χ1) is 11.8. The van der Waals surface area contributed by atoms with Crippen molar-refractivity contribution >= 4 is 10.0 Å². The Balaban J connectivity index is 1.74. The van der Waals surface area contributed by atoms with Crippen LogP contribution < -0.4 is 0 Å². The van der Waals surface area contributed by atoms with E-state index in [2.05, 4.69) is 10.2 Å². The van der Waals surface area contributed by atoms with Crippen LogP contribution in [0.25, 0.3) is 0 Å². The Morgan fingerprint density at radius 1 is 1.20 bits per heavy atom. The molecule has 1 aromatic carbocycles. The van der Waals surface area contributed by atoms with Crippen LogP contribution in [0.5, 0.6) is 0 Å². The Labute approximate surface area is 144 Å². The van der Waals surface area contributed by atoms with Crippen LogP contribution >= 0.6 is 0 Å². The first-order valence-electron chi connectivity index (χ1n) is 8.07. The molecule has 0 amide bonds. The van der Waals surface area contributed by atoms with Gasteiger partial charge in [0, 0.05) is 24.9 Å². The predicted octanol–water partition coefficient (Wildman–Crippen LogP) is 3.04. The molecule has 136 valence electrons. The third-order valence-electron chi connectivity index (χ3n) is 4.26. The van der Waals surface area contributed by atoms with Crippen LogP contribution in [-0.4, -0.2) is 36.0 Å². The summed E-state index contributed by atoms with van der Waals surface area (Å²) in [7, 11) is -4.08. The summed E-state index contributed by atoms with van der Waals surface area (Å²) in [5.74, 6) is -0.616. The van der Waals surface area contributed by atoms with Gasteiger partial charge in [0.25, 0.3) is 0 Å². The van der Waals surface area contributed by atoms with E-state index >= 15 is 0 Å². The topological polar surface area (TPSA) is 76.3 Å². The average Bonchev–Trinajstić information content (AvgIpc) is 3.07. The zero-order chi connectivity index (χ0) is 18.2. The van der Waals surface area contributed by atoms with Crippen molar-refractivity contribution in [3.8, 4) is 0 Å². The van der Waals surface area contributed by atoms with E-state index in [4.69, 9.17) is 4.42 Å². The van der Waals surface area contributed by atoms with Gasteiger partial charge in [0.15, 0.2) is 0 Å². The van der Waals surface area contributed by atoms with E-state index in [9.17, 15) is 17.2 Å². The van der Waals surface area contributed by atoms with E-state index in [-0.39, 0.29) is 24.9 Å². The second-order valence-corrected chi connectivity index (χ2v) is 8.29. The Hall–Kier alpha value is -1.87. The van der Waals surface area contributed by atoms with E-state index in [0.717, 1.165) is 12.1 Å². The molecule has 1 aliphatic heterocycles. The molecule has 1 fully saturated rings. The van der Waals surface area contributed by atoms with Gasteiger partial charge in [0.2, 0.25) is 21.8 Å². The fourth-order valence-electron chi connectivity index (χ4n) is 2.80. The van der Waals surface area contributed by atoms with Gasteiger partial charge in [0.05, 0.1) is 0 Å². The molecule has 6 nitrogen and oxygen atoms in total. The largest absolute Gasteiger partial charge is 0.425 e. The van der Waals surface area contributed by atoms with Crippen molar-refractivity contribution in [3.63, 3.8) is 0 Å². The summed E-state index contributed by atoms with van der Waals surface area (Å²) < 4.78 is 59.1. The fraction of sp³-hybridized carbons (Fsp3) is 0.500. The van der Waals surface area contributed by atoms with Crippen molar-refractivity contribution in [1.29, 1.82) is 0 Å². The second-order valence-electron chi connectivity index (χ2n) is 6.39. The minimum atomic E-state index is -4.08. The molecule has 0 atom stereocenters. The van der Waals surface area contributed by atoms with Crippen LogP contribution in [0.1, 0.15) is 50.3 Å². The number of hydrogen-bond donors (Lipinski definition) is 0. The van der Waals surface area contributed by atoms with Gasteiger partial charge in [-0.2, -0.15) is 4.31 Å². The molecular weight excluding hydrogens is 352 g/mol. The molecule has 0 N–H and O–H groups in total. The van der Waals surface area contributed by atoms with Gasteiger partial charge in [-0.05, 0) is 31.0 Å². The van der Waals surface area contributed by atoms with Gasteiger partial charge in [-0.25, -0.2) is 17.2 Å². The minimum absolute atomic E-state index is 0.0381. The van der Waals surface area contributed by atoms with Crippen LogP contribution in [0.2, 0.25) is 0 Å². The molecule has 0 unspecified atom stereocenters. The average molecular weight is 371 g/mol. The predicted molar refractivity (Wildman–Crippen MR) is 85.5 cm³/mol. The summed E-state index contributed by atoms with van der Waals surface area (Å²) in [4.78, 5) is -0.633. The SMILES string of the molecule is CC(C)c1nnc(C2CCN(S(=O)(=O)c3cc(F)ccc3F)CC2)o1. The highest BCUT2D eigenvalue weighted by molar-refractivity contribution is 7.89. The summed E-state index contributed by atoms with van der Waals surface area (Å²) in [6.45, 7) is 4.25. The molecule has 0 spiro atoms.